The molecule has 1 aliphatic rings. The third-order valence-corrected chi connectivity index (χ3v) is 1.96. The molecular weight excluding hydrogens is 168 g/mol. The van der Waals surface area contributed by atoms with Crippen LogP contribution in [-0.2, 0) is 4.74 Å². The number of aliphatic imine (C=N–C) groups is 1. The van der Waals surface area contributed by atoms with E-state index in [1.165, 1.54) is 0 Å². The summed E-state index contributed by atoms with van der Waals surface area (Å²) in [7, 11) is 0. The predicted octanol–water partition coefficient (Wildman–Crippen LogP) is -0.675. The molecule has 0 aromatic heterocycles. The third-order valence-electron chi connectivity index (χ3n) is 1.96. The van der Waals surface area contributed by atoms with Crippen LogP contribution >= 0.6 is 0 Å². The van der Waals surface area contributed by atoms with Crippen molar-refractivity contribution in [2.75, 3.05) is 39.4 Å². The van der Waals surface area contributed by atoms with Crippen LogP contribution in [0.2, 0.25) is 0 Å². The Morgan fingerprint density at radius 2 is 2.23 bits per heavy atom. The lowest BCUT2D eigenvalue weighted by Gasteiger charge is -2.25. The minimum atomic E-state index is 0.299. The molecule has 5 heteroatoms. The molecule has 13 heavy (non-hydrogen) atoms. The van der Waals surface area contributed by atoms with E-state index in [4.69, 9.17) is 15.9 Å². The van der Waals surface area contributed by atoms with Crippen LogP contribution in [0.3, 0.4) is 0 Å². The zero-order valence-electron chi connectivity index (χ0n) is 7.70. The molecule has 1 saturated heterocycles. The maximum Gasteiger partial charge on any atom is 0.136 e. The number of hydrogen-bond acceptors (Lipinski definition) is 4. The second-order valence-corrected chi connectivity index (χ2v) is 2.90. The van der Waals surface area contributed by atoms with E-state index in [1.807, 2.05) is 0 Å². The zero-order valence-corrected chi connectivity index (χ0v) is 7.70. The molecule has 1 heterocycles. The monoisotopic (exact) mass is 184 g/mol. The predicted molar refractivity (Wildman–Crippen MR) is 52.5 cm³/mol. The highest BCUT2D eigenvalue weighted by atomic mass is 16.5. The van der Waals surface area contributed by atoms with Gasteiger partial charge in [0.15, 0.2) is 0 Å². The van der Waals surface area contributed by atoms with Gasteiger partial charge in [-0.2, -0.15) is 0 Å². The minimum absolute atomic E-state index is 0.299. The Morgan fingerprint density at radius 3 is 2.85 bits per heavy atom. The smallest absolute Gasteiger partial charge is 0.136 e. The standard InChI is InChI=1S/C8H16N4O/c9-7-8(10)11-1-2-12-3-5-13-6-4-12/h7,9H,1-6H2,(H2,10,11). The van der Waals surface area contributed by atoms with E-state index in [1.54, 1.807) is 0 Å². The first-order valence-corrected chi connectivity index (χ1v) is 4.43. The fraction of sp³-hybridized carbons (Fsp3) is 0.750. The summed E-state index contributed by atoms with van der Waals surface area (Å²) in [6.45, 7) is 5.13. The molecule has 0 amide bonds. The van der Waals surface area contributed by atoms with Crippen molar-refractivity contribution in [2.45, 2.75) is 0 Å². The molecule has 0 radical (unpaired) electrons. The molecular formula is C8H16N4O. The second kappa shape index (κ2) is 5.66. The molecule has 0 atom stereocenters. The lowest BCUT2D eigenvalue weighted by Crippen LogP contribution is -2.38. The van der Waals surface area contributed by atoms with Gasteiger partial charge in [-0.3, -0.25) is 9.89 Å². The van der Waals surface area contributed by atoms with Crippen LogP contribution in [-0.4, -0.2) is 56.3 Å². The molecule has 5 nitrogen and oxygen atoms in total. The SMILES string of the molecule is N=CC(N)=NCCN1CCOCC1. The number of hydrogen-bond donors (Lipinski definition) is 2. The van der Waals surface area contributed by atoms with Crippen LogP contribution in [0.5, 0.6) is 0 Å². The highest BCUT2D eigenvalue weighted by Crippen LogP contribution is 1.95. The molecule has 0 spiro atoms. The Bertz CT molecular complexity index is 187. The number of ether oxygens (including phenoxy) is 1. The van der Waals surface area contributed by atoms with Crippen molar-refractivity contribution in [2.24, 2.45) is 10.7 Å². The van der Waals surface area contributed by atoms with Gasteiger partial charge in [-0.25, -0.2) is 0 Å². The Hall–Kier alpha value is -0.940. The summed E-state index contributed by atoms with van der Waals surface area (Å²) in [6.07, 6.45) is 1.07. The van der Waals surface area contributed by atoms with Crippen molar-refractivity contribution in [3.05, 3.63) is 0 Å². The van der Waals surface area contributed by atoms with E-state index < -0.39 is 0 Å². The highest BCUT2D eigenvalue weighted by molar-refractivity contribution is 6.27. The number of amidine groups is 1. The number of nitrogens with zero attached hydrogens (tertiary/aromatic N) is 2. The van der Waals surface area contributed by atoms with E-state index in [0.29, 0.717) is 12.4 Å². The molecule has 0 aliphatic carbocycles. The van der Waals surface area contributed by atoms with Crippen molar-refractivity contribution >= 4 is 12.1 Å². The van der Waals surface area contributed by atoms with E-state index in [-0.39, 0.29) is 0 Å². The van der Waals surface area contributed by atoms with Crippen molar-refractivity contribution < 1.29 is 4.74 Å². The summed E-state index contributed by atoms with van der Waals surface area (Å²) in [5.74, 6) is 0.299. The lowest BCUT2D eigenvalue weighted by atomic mass is 10.4. The van der Waals surface area contributed by atoms with E-state index >= 15 is 0 Å². The van der Waals surface area contributed by atoms with E-state index in [2.05, 4.69) is 9.89 Å². The largest absolute Gasteiger partial charge is 0.383 e. The van der Waals surface area contributed by atoms with Gasteiger partial charge in [-0.1, -0.05) is 0 Å². The molecule has 1 rings (SSSR count). The van der Waals surface area contributed by atoms with Crippen molar-refractivity contribution in [1.29, 1.82) is 5.41 Å². The van der Waals surface area contributed by atoms with Gasteiger partial charge in [0.25, 0.3) is 0 Å². The van der Waals surface area contributed by atoms with E-state index in [0.717, 1.165) is 39.1 Å². The molecule has 1 aliphatic heterocycles. The van der Waals surface area contributed by atoms with Crippen LogP contribution in [0.25, 0.3) is 0 Å². The summed E-state index contributed by atoms with van der Waals surface area (Å²) in [5, 5.41) is 6.82. The molecule has 0 unspecified atom stereocenters. The van der Waals surface area contributed by atoms with Crippen LogP contribution < -0.4 is 5.73 Å². The van der Waals surface area contributed by atoms with Gasteiger partial charge in [-0.05, 0) is 0 Å². The van der Waals surface area contributed by atoms with Gasteiger partial charge < -0.3 is 15.9 Å². The average molecular weight is 184 g/mol. The molecule has 1 fully saturated rings. The van der Waals surface area contributed by atoms with Gasteiger partial charge in [0, 0.05) is 19.6 Å². The third kappa shape index (κ3) is 4.00. The second-order valence-electron chi connectivity index (χ2n) is 2.90. The molecule has 0 aromatic rings. The fourth-order valence-electron chi connectivity index (χ4n) is 1.19. The molecule has 74 valence electrons. The Labute approximate surface area is 78.1 Å². The summed E-state index contributed by atoms with van der Waals surface area (Å²) in [5.41, 5.74) is 5.35. The highest BCUT2D eigenvalue weighted by Gasteiger charge is 2.08. The van der Waals surface area contributed by atoms with Gasteiger partial charge in [0.05, 0.1) is 26.0 Å². The number of rotatable bonds is 4. The summed E-state index contributed by atoms with van der Waals surface area (Å²) < 4.78 is 5.21. The first-order chi connectivity index (χ1) is 6.33. The topological polar surface area (TPSA) is 74.7 Å². The molecule has 0 saturated carbocycles. The van der Waals surface area contributed by atoms with Gasteiger partial charge in [-0.15, -0.1) is 0 Å². The normalized spacial score (nSPS) is 20.2. The van der Waals surface area contributed by atoms with Crippen LogP contribution in [0.4, 0.5) is 0 Å². The van der Waals surface area contributed by atoms with Gasteiger partial charge in [0.1, 0.15) is 5.84 Å². The van der Waals surface area contributed by atoms with Crippen LogP contribution in [0.1, 0.15) is 0 Å². The first kappa shape index (κ1) is 10.1. The Morgan fingerprint density at radius 1 is 1.54 bits per heavy atom. The molecule has 0 bridgehead atoms. The lowest BCUT2D eigenvalue weighted by molar-refractivity contribution is 0.0394. The quantitative estimate of drug-likeness (QED) is 0.449. The summed E-state index contributed by atoms with van der Waals surface area (Å²) in [6, 6.07) is 0. The Kier molecular flexibility index (Phi) is 4.42. The maximum absolute atomic E-state index is 6.82. The van der Waals surface area contributed by atoms with Crippen LogP contribution in [0.15, 0.2) is 4.99 Å². The van der Waals surface area contributed by atoms with Gasteiger partial charge >= 0.3 is 0 Å². The molecule has 3 N–H and O–H groups in total. The van der Waals surface area contributed by atoms with Crippen LogP contribution in [0, 0.1) is 5.41 Å². The number of morpholine rings is 1. The van der Waals surface area contributed by atoms with Crippen molar-refractivity contribution in [3.63, 3.8) is 0 Å². The van der Waals surface area contributed by atoms with Gasteiger partial charge in [0.2, 0.25) is 0 Å². The fourth-order valence-corrected chi connectivity index (χ4v) is 1.19. The average Bonchev–Trinajstić information content (AvgIpc) is 2.19. The number of nitrogens with two attached hydrogens (primary N) is 1. The maximum atomic E-state index is 6.82. The van der Waals surface area contributed by atoms with E-state index in [9.17, 15) is 0 Å². The summed E-state index contributed by atoms with van der Waals surface area (Å²) in [4.78, 5) is 6.29. The first-order valence-electron chi connectivity index (χ1n) is 4.43. The van der Waals surface area contributed by atoms with Crippen molar-refractivity contribution in [1.82, 2.24) is 4.90 Å². The minimum Gasteiger partial charge on any atom is -0.383 e. The number of nitrogens with one attached hydrogen (secondary N) is 1. The summed E-state index contributed by atoms with van der Waals surface area (Å²) >= 11 is 0. The zero-order chi connectivity index (χ0) is 9.52. The van der Waals surface area contributed by atoms with Crippen molar-refractivity contribution in [3.8, 4) is 0 Å². The Balaban J connectivity index is 2.14. The molecule has 0 aromatic carbocycles.